The van der Waals surface area contributed by atoms with Crippen molar-refractivity contribution in [1.82, 2.24) is 38.2 Å². The third kappa shape index (κ3) is 11.9. The van der Waals surface area contributed by atoms with Gasteiger partial charge in [-0.05, 0) is 154 Å². The summed E-state index contributed by atoms with van der Waals surface area (Å²) in [6.07, 6.45) is 0. The Labute approximate surface area is 669 Å². The molecule has 0 fully saturated rings. The molecular formula is C108H70N8. The standard InChI is InChI=1S/C56H36N4.C52H34N4/c1-3-15-37(16-4-1)42-32-43(51-36-50(39-18-5-2-6-19-39)57-56(58-51)41-28-27-38-17-7-8-20-40(38)31-41)34-45(33-42)60-54-26-14-11-23-48(54)49-35-44(29-30-55(49)60)59-52-24-12-9-21-46(52)47-22-10-13-25-53(47)59;1-3-14-35(15-4-1)36-26-28-38(29-27-36)52-53-46(37-16-5-2-6-17-37)34-47(54-52)39-18-13-19-40(32-39)55-50-25-12-9-22-44(50)45-33-41(30-31-51(45)55)56-48-23-10-7-20-42(48)43-21-8-11-24-49(43)56/h1-36H;1-34H. The Balaban J connectivity index is 0.000000141. The van der Waals surface area contributed by atoms with Gasteiger partial charge in [-0.2, -0.15) is 0 Å². The largest absolute Gasteiger partial charge is 0.309 e. The Bertz CT molecular complexity index is 7640. The molecule has 0 spiro atoms. The first kappa shape index (κ1) is 67.3. The molecular weight excluding hydrogens is 1410 g/mol. The molecule has 6 aromatic heterocycles. The van der Waals surface area contributed by atoms with Crippen molar-refractivity contribution in [2.75, 3.05) is 0 Å². The first-order valence-corrected chi connectivity index (χ1v) is 39.4. The van der Waals surface area contributed by atoms with Crippen LogP contribution in [0.5, 0.6) is 0 Å². The molecule has 0 amide bonds. The Morgan fingerprint density at radius 3 is 0.905 bits per heavy atom. The maximum Gasteiger partial charge on any atom is 0.160 e. The Morgan fingerprint density at radius 1 is 0.138 bits per heavy atom. The third-order valence-corrected chi connectivity index (χ3v) is 22.8. The van der Waals surface area contributed by atoms with E-state index >= 15 is 0 Å². The maximum atomic E-state index is 5.35. The van der Waals surface area contributed by atoms with Crippen molar-refractivity contribution in [3.63, 3.8) is 0 Å². The minimum absolute atomic E-state index is 0.693. The SMILES string of the molecule is c1ccc(-c2cc(-c3cc(-c4ccccc4)nc(-c4ccc5ccccc5c4)n3)cc(-n3c4ccccc4c4cc(-n5c6ccccc6c6ccccc65)ccc43)c2)cc1.c1ccc(-c2ccc(-c3nc(-c4ccccc4)cc(-c4cccc(-n5c6ccccc6c6cc(-n7c8ccccc8c8ccccc87)ccc65)c4)n3)cc2)cc1. The molecule has 0 radical (unpaired) electrons. The van der Waals surface area contributed by atoms with Crippen LogP contribution >= 0.6 is 0 Å². The lowest BCUT2D eigenvalue weighted by Crippen LogP contribution is -1.99. The molecule has 8 nitrogen and oxygen atoms in total. The van der Waals surface area contributed by atoms with E-state index in [1.165, 1.54) is 76.1 Å². The van der Waals surface area contributed by atoms with Crippen LogP contribution in [0.4, 0.5) is 0 Å². The van der Waals surface area contributed by atoms with Gasteiger partial charge in [-0.1, -0.05) is 303 Å². The van der Waals surface area contributed by atoms with E-state index in [1.54, 1.807) is 0 Å². The van der Waals surface area contributed by atoms with Gasteiger partial charge in [-0.3, -0.25) is 0 Å². The Hall–Kier alpha value is -15.6. The fourth-order valence-corrected chi connectivity index (χ4v) is 17.4. The van der Waals surface area contributed by atoms with Gasteiger partial charge < -0.3 is 18.3 Å². The van der Waals surface area contributed by atoms with Crippen LogP contribution in [0, 0.1) is 0 Å². The fourth-order valence-electron chi connectivity index (χ4n) is 17.4. The Morgan fingerprint density at radius 2 is 0.440 bits per heavy atom. The lowest BCUT2D eigenvalue weighted by molar-refractivity contribution is 1.16. The summed E-state index contributed by atoms with van der Waals surface area (Å²) in [4.78, 5) is 20.9. The Kier molecular flexibility index (Phi) is 16.4. The molecule has 23 aromatic rings. The summed E-state index contributed by atoms with van der Waals surface area (Å²) in [5, 5.41) is 12.2. The maximum absolute atomic E-state index is 5.35. The van der Waals surface area contributed by atoms with E-state index in [1.807, 2.05) is 18.2 Å². The van der Waals surface area contributed by atoms with Crippen molar-refractivity contribution in [3.05, 3.63) is 425 Å². The number of benzene rings is 17. The monoisotopic (exact) mass is 1480 g/mol. The molecule has 0 aliphatic carbocycles. The van der Waals surface area contributed by atoms with E-state index < -0.39 is 0 Å². The zero-order chi connectivity index (χ0) is 76.6. The normalized spacial score (nSPS) is 11.6. The van der Waals surface area contributed by atoms with E-state index in [4.69, 9.17) is 19.9 Å². The van der Waals surface area contributed by atoms with Gasteiger partial charge in [-0.25, -0.2) is 19.9 Å². The van der Waals surface area contributed by atoms with Crippen molar-refractivity contribution in [2.24, 2.45) is 0 Å². The van der Waals surface area contributed by atoms with Crippen LogP contribution < -0.4 is 0 Å². The lowest BCUT2D eigenvalue weighted by atomic mass is 9.99. The number of rotatable bonds is 12. The summed E-state index contributed by atoms with van der Waals surface area (Å²) in [7, 11) is 0. The zero-order valence-electron chi connectivity index (χ0n) is 63.0. The summed E-state index contributed by atoms with van der Waals surface area (Å²) in [5.41, 5.74) is 28.0. The van der Waals surface area contributed by atoms with Crippen LogP contribution in [0.3, 0.4) is 0 Å². The smallest absolute Gasteiger partial charge is 0.160 e. The minimum atomic E-state index is 0.693. The van der Waals surface area contributed by atoms with Crippen molar-refractivity contribution in [1.29, 1.82) is 0 Å². The second-order valence-corrected chi connectivity index (χ2v) is 29.7. The highest BCUT2D eigenvalue weighted by Crippen LogP contribution is 2.43. The predicted octanol–water partition coefficient (Wildman–Crippen LogP) is 27.8. The number of nitrogens with zero attached hydrogens (tertiary/aromatic N) is 8. The highest BCUT2D eigenvalue weighted by atomic mass is 15.0. The summed E-state index contributed by atoms with van der Waals surface area (Å²) in [6, 6.07) is 151. The van der Waals surface area contributed by atoms with Crippen LogP contribution in [0.1, 0.15) is 0 Å². The molecule has 8 heteroatoms. The number of para-hydroxylation sites is 6. The molecule has 0 aliphatic heterocycles. The van der Waals surface area contributed by atoms with Gasteiger partial charge in [0.25, 0.3) is 0 Å². The van der Waals surface area contributed by atoms with Gasteiger partial charge in [-0.15, -0.1) is 0 Å². The van der Waals surface area contributed by atoms with Crippen LogP contribution in [0.15, 0.2) is 425 Å². The topological polar surface area (TPSA) is 71.3 Å². The number of hydrogen-bond acceptors (Lipinski definition) is 4. The highest BCUT2D eigenvalue weighted by Gasteiger charge is 2.23. The molecule has 17 aromatic carbocycles. The van der Waals surface area contributed by atoms with Crippen LogP contribution in [-0.2, 0) is 0 Å². The average molecular weight is 1480 g/mol. The second-order valence-electron chi connectivity index (χ2n) is 29.7. The minimum Gasteiger partial charge on any atom is -0.309 e. The van der Waals surface area contributed by atoms with Crippen LogP contribution in [0.2, 0.25) is 0 Å². The predicted molar refractivity (Wildman–Crippen MR) is 482 cm³/mol. The molecule has 0 saturated heterocycles. The first-order valence-electron chi connectivity index (χ1n) is 39.4. The van der Waals surface area contributed by atoms with Gasteiger partial charge in [0, 0.05) is 99.2 Å². The molecule has 23 rings (SSSR count). The van der Waals surface area contributed by atoms with E-state index in [0.29, 0.717) is 11.6 Å². The number of hydrogen-bond donors (Lipinski definition) is 0. The molecule has 0 bridgehead atoms. The summed E-state index contributed by atoms with van der Waals surface area (Å²) in [5.74, 6) is 1.39. The van der Waals surface area contributed by atoms with E-state index in [-0.39, 0.29) is 0 Å². The van der Waals surface area contributed by atoms with Crippen LogP contribution in [-0.4, -0.2) is 38.2 Å². The summed E-state index contributed by atoms with van der Waals surface area (Å²) < 4.78 is 9.59. The molecule has 0 N–H and O–H groups in total. The van der Waals surface area contributed by atoms with Gasteiger partial charge in [0.2, 0.25) is 0 Å². The average Bonchev–Trinajstić information content (AvgIpc) is 1.58. The molecule has 116 heavy (non-hydrogen) atoms. The second kappa shape index (κ2) is 28.3. The molecule has 542 valence electrons. The van der Waals surface area contributed by atoms with Gasteiger partial charge in [0.1, 0.15) is 0 Å². The van der Waals surface area contributed by atoms with E-state index in [2.05, 4.69) is 425 Å². The van der Waals surface area contributed by atoms with Crippen molar-refractivity contribution in [2.45, 2.75) is 0 Å². The molecule has 0 unspecified atom stereocenters. The van der Waals surface area contributed by atoms with Gasteiger partial charge in [0.05, 0.1) is 66.9 Å². The number of fused-ring (bicyclic) bond motifs is 13. The van der Waals surface area contributed by atoms with Crippen molar-refractivity contribution >= 4 is 98.0 Å². The molecule has 6 heterocycles. The van der Waals surface area contributed by atoms with E-state index in [9.17, 15) is 0 Å². The molecule has 0 saturated carbocycles. The summed E-state index contributed by atoms with van der Waals surface area (Å²) in [6.45, 7) is 0. The van der Waals surface area contributed by atoms with Crippen LogP contribution in [0.25, 0.3) is 211 Å². The number of aromatic nitrogens is 8. The van der Waals surface area contributed by atoms with Gasteiger partial charge in [0.15, 0.2) is 11.6 Å². The lowest BCUT2D eigenvalue weighted by Gasteiger charge is -2.15. The van der Waals surface area contributed by atoms with Gasteiger partial charge >= 0.3 is 0 Å². The molecule has 0 aliphatic rings. The third-order valence-electron chi connectivity index (χ3n) is 22.8. The fraction of sp³-hybridized carbons (Fsp3) is 0. The summed E-state index contributed by atoms with van der Waals surface area (Å²) >= 11 is 0. The highest BCUT2D eigenvalue weighted by molar-refractivity contribution is 6.14. The molecule has 0 atom stereocenters. The van der Waals surface area contributed by atoms with Crippen molar-refractivity contribution < 1.29 is 0 Å². The zero-order valence-corrected chi connectivity index (χ0v) is 63.0. The van der Waals surface area contributed by atoms with Crippen molar-refractivity contribution in [3.8, 4) is 113 Å². The first-order chi connectivity index (χ1) is 57.5. The quantitative estimate of drug-likeness (QED) is 0.122. The van der Waals surface area contributed by atoms with E-state index in [0.717, 1.165) is 123 Å².